The van der Waals surface area contributed by atoms with Gasteiger partial charge in [-0.2, -0.15) is 0 Å². The van der Waals surface area contributed by atoms with Crippen LogP contribution in [0, 0.1) is 13.8 Å². The molecule has 3 rings (SSSR count). The number of hydrogen-bond acceptors (Lipinski definition) is 5. The van der Waals surface area contributed by atoms with Crippen LogP contribution in [0.2, 0.25) is 0 Å². The van der Waals surface area contributed by atoms with Crippen LogP contribution in [-0.2, 0) is 13.6 Å². The van der Waals surface area contributed by atoms with Crippen molar-refractivity contribution >= 4 is 27.5 Å². The predicted molar refractivity (Wildman–Crippen MR) is 89.7 cm³/mol. The van der Waals surface area contributed by atoms with Crippen LogP contribution in [0.25, 0.3) is 10.2 Å². The summed E-state index contributed by atoms with van der Waals surface area (Å²) in [6.07, 6.45) is 3.37. The molecule has 1 amide bonds. The maximum absolute atomic E-state index is 12.4. The summed E-state index contributed by atoms with van der Waals surface area (Å²) < 4.78 is 1.50. The molecule has 3 aromatic heterocycles. The van der Waals surface area contributed by atoms with Crippen LogP contribution in [0.5, 0.6) is 0 Å². The first-order valence-electron chi connectivity index (χ1n) is 7.13. The van der Waals surface area contributed by atoms with E-state index in [4.69, 9.17) is 0 Å². The molecule has 0 fully saturated rings. The summed E-state index contributed by atoms with van der Waals surface area (Å²) in [6, 6.07) is 3.69. The summed E-state index contributed by atoms with van der Waals surface area (Å²) in [4.78, 5) is 34.3. The monoisotopic (exact) mass is 328 g/mol. The fourth-order valence-electron chi connectivity index (χ4n) is 2.35. The molecule has 0 bridgehead atoms. The number of aromatic nitrogens is 3. The van der Waals surface area contributed by atoms with E-state index in [2.05, 4.69) is 15.3 Å². The predicted octanol–water partition coefficient (Wildman–Crippen LogP) is 1.94. The molecular weight excluding hydrogens is 312 g/mol. The van der Waals surface area contributed by atoms with Crippen molar-refractivity contribution in [2.75, 3.05) is 0 Å². The summed E-state index contributed by atoms with van der Waals surface area (Å²) in [7, 11) is 1.68. The minimum atomic E-state index is -0.193. The van der Waals surface area contributed by atoms with E-state index < -0.39 is 0 Å². The minimum absolute atomic E-state index is 0.116. The Balaban J connectivity index is 1.94. The third-order valence-electron chi connectivity index (χ3n) is 3.80. The first-order valence-corrected chi connectivity index (χ1v) is 7.94. The number of nitrogens with zero attached hydrogens (tertiary/aromatic N) is 3. The Morgan fingerprint density at radius 3 is 2.70 bits per heavy atom. The zero-order valence-electron chi connectivity index (χ0n) is 13.1. The van der Waals surface area contributed by atoms with Crippen molar-refractivity contribution in [3.8, 4) is 0 Å². The number of rotatable bonds is 3. The van der Waals surface area contributed by atoms with E-state index in [1.54, 1.807) is 33.3 Å². The van der Waals surface area contributed by atoms with Crippen molar-refractivity contribution in [2.45, 2.75) is 20.4 Å². The second-order valence-corrected chi connectivity index (χ2v) is 6.30. The minimum Gasteiger partial charge on any atom is -0.347 e. The molecule has 0 aromatic carbocycles. The lowest BCUT2D eigenvalue weighted by atomic mass is 10.2. The van der Waals surface area contributed by atoms with Crippen molar-refractivity contribution in [3.05, 3.63) is 56.7 Å². The van der Waals surface area contributed by atoms with Crippen molar-refractivity contribution in [1.82, 2.24) is 19.9 Å². The zero-order chi connectivity index (χ0) is 16.6. The Hall–Kier alpha value is -2.54. The molecule has 0 aliphatic heterocycles. The largest absolute Gasteiger partial charge is 0.347 e. The summed E-state index contributed by atoms with van der Waals surface area (Å²) in [5.74, 6) is 0.439. The number of carbonyl (C=O) groups is 1. The van der Waals surface area contributed by atoms with Gasteiger partial charge in [0.05, 0.1) is 10.3 Å². The number of carbonyl (C=O) groups excluding carboxylic acids is 1. The molecule has 1 N–H and O–H groups in total. The molecule has 3 aromatic rings. The van der Waals surface area contributed by atoms with Crippen LogP contribution in [0.1, 0.15) is 26.6 Å². The van der Waals surface area contributed by atoms with Gasteiger partial charge in [0, 0.05) is 26.0 Å². The molecule has 0 spiro atoms. The van der Waals surface area contributed by atoms with Crippen molar-refractivity contribution in [1.29, 1.82) is 0 Å². The van der Waals surface area contributed by atoms with Crippen molar-refractivity contribution < 1.29 is 4.79 Å². The Labute approximate surface area is 136 Å². The summed E-state index contributed by atoms with van der Waals surface area (Å²) in [6.45, 7) is 3.98. The first-order chi connectivity index (χ1) is 11.0. The van der Waals surface area contributed by atoms with Crippen LogP contribution in [0.4, 0.5) is 0 Å². The van der Waals surface area contributed by atoms with Gasteiger partial charge in [0.2, 0.25) is 0 Å². The average Bonchev–Trinajstić information content (AvgIpc) is 2.88. The second kappa shape index (κ2) is 5.92. The van der Waals surface area contributed by atoms with Gasteiger partial charge < -0.3 is 5.32 Å². The standard InChI is InChI=1S/C16H16N4O2S/c1-9-12-15(19-10(2)20(3)16(12)22)23-13(9)14(21)18-8-11-4-6-17-7-5-11/h4-7H,8H2,1-3H3,(H,18,21). The maximum atomic E-state index is 12.4. The Bertz CT molecular complexity index is 944. The second-order valence-electron chi connectivity index (χ2n) is 5.30. The highest BCUT2D eigenvalue weighted by atomic mass is 32.1. The Kier molecular flexibility index (Phi) is 3.96. The number of amides is 1. The number of aryl methyl sites for hydroxylation is 2. The average molecular weight is 328 g/mol. The summed E-state index contributed by atoms with van der Waals surface area (Å²) >= 11 is 1.26. The topological polar surface area (TPSA) is 76.9 Å². The van der Waals surface area contributed by atoms with E-state index in [9.17, 15) is 9.59 Å². The summed E-state index contributed by atoms with van der Waals surface area (Å²) in [5, 5.41) is 3.40. The zero-order valence-corrected chi connectivity index (χ0v) is 13.9. The van der Waals surface area contributed by atoms with Crippen LogP contribution < -0.4 is 10.9 Å². The molecule has 0 atom stereocenters. The van der Waals surface area contributed by atoms with Gasteiger partial charge in [-0.3, -0.25) is 19.1 Å². The first kappa shape index (κ1) is 15.4. The molecule has 0 saturated carbocycles. The van der Waals surface area contributed by atoms with Crippen LogP contribution in [0.15, 0.2) is 29.3 Å². The number of thiophene rings is 1. The van der Waals surface area contributed by atoms with E-state index in [1.807, 2.05) is 12.1 Å². The van der Waals surface area contributed by atoms with Gasteiger partial charge >= 0.3 is 0 Å². The highest BCUT2D eigenvalue weighted by Gasteiger charge is 2.19. The van der Waals surface area contributed by atoms with Gasteiger partial charge in [0.25, 0.3) is 11.5 Å². The van der Waals surface area contributed by atoms with Crippen LogP contribution in [-0.4, -0.2) is 20.4 Å². The number of pyridine rings is 1. The van der Waals surface area contributed by atoms with E-state index in [1.165, 1.54) is 15.9 Å². The third-order valence-corrected chi connectivity index (χ3v) is 4.99. The number of hydrogen-bond donors (Lipinski definition) is 1. The van der Waals surface area contributed by atoms with E-state index in [0.29, 0.717) is 33.0 Å². The lowest BCUT2D eigenvalue weighted by molar-refractivity contribution is 0.0954. The lowest BCUT2D eigenvalue weighted by Gasteiger charge is -2.04. The molecule has 0 aliphatic rings. The third kappa shape index (κ3) is 2.75. The van der Waals surface area contributed by atoms with Gasteiger partial charge in [0.1, 0.15) is 10.7 Å². The van der Waals surface area contributed by atoms with Crippen LogP contribution in [0.3, 0.4) is 0 Å². The van der Waals surface area contributed by atoms with Gasteiger partial charge in [-0.1, -0.05) is 0 Å². The van der Waals surface area contributed by atoms with Crippen molar-refractivity contribution in [3.63, 3.8) is 0 Å². The highest BCUT2D eigenvalue weighted by molar-refractivity contribution is 7.20. The van der Waals surface area contributed by atoms with Crippen LogP contribution >= 0.6 is 11.3 Å². The number of fused-ring (bicyclic) bond motifs is 1. The smallest absolute Gasteiger partial charge is 0.262 e. The Morgan fingerprint density at radius 1 is 1.30 bits per heavy atom. The van der Waals surface area contributed by atoms with E-state index >= 15 is 0 Å². The fourth-order valence-corrected chi connectivity index (χ4v) is 3.48. The molecule has 0 aliphatic carbocycles. The lowest BCUT2D eigenvalue weighted by Crippen LogP contribution is -2.23. The maximum Gasteiger partial charge on any atom is 0.262 e. The molecule has 7 heteroatoms. The van der Waals surface area contributed by atoms with Gasteiger partial charge in [-0.05, 0) is 37.1 Å². The molecule has 3 heterocycles. The molecular formula is C16H16N4O2S. The Morgan fingerprint density at radius 2 is 2.00 bits per heavy atom. The molecule has 0 saturated heterocycles. The highest BCUT2D eigenvalue weighted by Crippen LogP contribution is 2.27. The van der Waals surface area contributed by atoms with E-state index in [0.717, 1.165) is 5.56 Å². The SMILES string of the molecule is Cc1c(C(=O)NCc2ccncc2)sc2nc(C)n(C)c(=O)c12. The normalized spacial score (nSPS) is 10.9. The molecule has 0 unspecified atom stereocenters. The fraction of sp³-hybridized carbons (Fsp3) is 0.250. The molecule has 23 heavy (non-hydrogen) atoms. The number of nitrogens with one attached hydrogen (secondary N) is 1. The molecule has 6 nitrogen and oxygen atoms in total. The van der Waals surface area contributed by atoms with E-state index in [-0.39, 0.29) is 11.5 Å². The van der Waals surface area contributed by atoms with Crippen molar-refractivity contribution in [2.24, 2.45) is 7.05 Å². The molecule has 0 radical (unpaired) electrons. The van der Waals surface area contributed by atoms with Gasteiger partial charge in [-0.15, -0.1) is 11.3 Å². The quantitative estimate of drug-likeness (QED) is 0.797. The van der Waals surface area contributed by atoms with Gasteiger partial charge in [-0.25, -0.2) is 4.98 Å². The summed E-state index contributed by atoms with van der Waals surface area (Å²) in [5.41, 5.74) is 1.54. The molecule has 118 valence electrons. The van der Waals surface area contributed by atoms with Gasteiger partial charge in [0.15, 0.2) is 0 Å².